The zero-order valence-corrected chi connectivity index (χ0v) is 16.6. The second-order valence-electron chi connectivity index (χ2n) is 8.11. The first kappa shape index (κ1) is 20.7. The minimum absolute atomic E-state index is 0.560. The Balaban J connectivity index is 2.11. The molecule has 0 aliphatic heterocycles. The van der Waals surface area contributed by atoms with E-state index < -0.39 is 5.60 Å². The molecule has 1 atom stereocenters. The fourth-order valence-electron chi connectivity index (χ4n) is 3.39. The maximum Gasteiger partial charge on any atom is 0.0956 e. The van der Waals surface area contributed by atoms with Crippen molar-refractivity contribution in [1.29, 1.82) is 0 Å². The van der Waals surface area contributed by atoms with Gasteiger partial charge in [-0.05, 0) is 52.0 Å². The van der Waals surface area contributed by atoms with Gasteiger partial charge in [-0.15, -0.1) is 0 Å². The molecule has 2 rings (SSSR count). The topological polar surface area (TPSA) is 64.1 Å². The van der Waals surface area contributed by atoms with Crippen molar-refractivity contribution >= 4 is 0 Å². The van der Waals surface area contributed by atoms with Crippen molar-refractivity contribution < 1.29 is 5.11 Å². The summed E-state index contributed by atoms with van der Waals surface area (Å²) in [5.41, 5.74) is 8.69. The van der Waals surface area contributed by atoms with Crippen LogP contribution in [0.25, 0.3) is 11.3 Å². The van der Waals surface area contributed by atoms with E-state index in [0.29, 0.717) is 5.92 Å². The van der Waals surface area contributed by atoms with Gasteiger partial charge in [0.2, 0.25) is 0 Å². The highest BCUT2D eigenvalue weighted by molar-refractivity contribution is 5.61. The first-order valence-electron chi connectivity index (χ1n) is 9.92. The number of nitrogens with two attached hydrogens (primary N) is 1. The summed E-state index contributed by atoms with van der Waals surface area (Å²) in [6.07, 6.45) is 8.13. The first-order chi connectivity index (χ1) is 12.4. The molecular weight excluding hydrogens is 322 g/mol. The highest BCUT2D eigenvalue weighted by Gasteiger charge is 2.17. The summed E-state index contributed by atoms with van der Waals surface area (Å²) in [6.45, 7) is 7.79. The van der Waals surface area contributed by atoms with E-state index in [1.54, 1.807) is 0 Å². The monoisotopic (exact) mass is 357 g/mol. The smallest absolute Gasteiger partial charge is 0.0956 e. The van der Waals surface area contributed by atoms with Crippen LogP contribution in [0.5, 0.6) is 0 Å². The summed E-state index contributed by atoms with van der Waals surface area (Å²) < 4.78 is 2.31. The molecule has 4 nitrogen and oxygen atoms in total. The molecule has 0 amide bonds. The molecule has 0 unspecified atom stereocenters. The number of aliphatic hydroxyl groups is 1. The number of hydrogen-bond donors (Lipinski definition) is 2. The lowest BCUT2D eigenvalue weighted by molar-refractivity contribution is 0.0670. The van der Waals surface area contributed by atoms with Crippen molar-refractivity contribution in [3.8, 4) is 11.3 Å². The molecule has 26 heavy (non-hydrogen) atoms. The molecule has 0 radical (unpaired) electrons. The van der Waals surface area contributed by atoms with Crippen LogP contribution in [0.2, 0.25) is 0 Å². The van der Waals surface area contributed by atoms with E-state index in [4.69, 9.17) is 10.7 Å². The van der Waals surface area contributed by atoms with Crippen molar-refractivity contribution in [3.63, 3.8) is 0 Å². The van der Waals surface area contributed by atoms with Gasteiger partial charge in [0.25, 0.3) is 0 Å². The zero-order chi connectivity index (χ0) is 19.0. The second-order valence-corrected chi connectivity index (χ2v) is 8.11. The molecule has 0 saturated heterocycles. The molecule has 4 heteroatoms. The Morgan fingerprint density at radius 2 is 1.88 bits per heavy atom. The van der Waals surface area contributed by atoms with E-state index in [9.17, 15) is 5.11 Å². The number of aryl methyl sites for hydroxylation is 1. The Labute approximate surface area is 158 Å². The van der Waals surface area contributed by atoms with E-state index in [0.717, 1.165) is 57.3 Å². The number of hydrogen-bond acceptors (Lipinski definition) is 3. The molecule has 0 spiro atoms. The van der Waals surface area contributed by atoms with Crippen molar-refractivity contribution in [2.45, 2.75) is 71.4 Å². The predicted molar refractivity (Wildman–Crippen MR) is 109 cm³/mol. The molecule has 0 aliphatic rings. The van der Waals surface area contributed by atoms with E-state index in [2.05, 4.69) is 35.8 Å². The fourth-order valence-corrected chi connectivity index (χ4v) is 3.39. The van der Waals surface area contributed by atoms with Gasteiger partial charge in [-0.3, -0.25) is 0 Å². The molecule has 144 valence electrons. The molecule has 0 saturated carbocycles. The van der Waals surface area contributed by atoms with E-state index in [1.165, 1.54) is 11.3 Å². The normalized spacial score (nSPS) is 13.1. The number of benzene rings is 1. The van der Waals surface area contributed by atoms with Crippen LogP contribution in [-0.4, -0.2) is 26.8 Å². The summed E-state index contributed by atoms with van der Waals surface area (Å²) in [7, 11) is 0. The van der Waals surface area contributed by atoms with Crippen LogP contribution in [0.3, 0.4) is 0 Å². The van der Waals surface area contributed by atoms with Gasteiger partial charge in [-0.2, -0.15) is 0 Å². The van der Waals surface area contributed by atoms with Crippen LogP contribution >= 0.6 is 0 Å². The minimum Gasteiger partial charge on any atom is -0.390 e. The lowest BCUT2D eigenvalue weighted by Crippen LogP contribution is -2.18. The first-order valence-corrected chi connectivity index (χ1v) is 9.92. The third kappa shape index (κ3) is 6.58. The molecule has 0 aliphatic carbocycles. The van der Waals surface area contributed by atoms with Gasteiger partial charge in [-0.25, -0.2) is 4.98 Å². The average Bonchev–Trinajstić information content (AvgIpc) is 2.97. The van der Waals surface area contributed by atoms with E-state index in [-0.39, 0.29) is 0 Å². The number of imidazole rings is 1. The van der Waals surface area contributed by atoms with E-state index in [1.807, 2.05) is 26.2 Å². The Bertz CT molecular complexity index is 643. The molecule has 1 aromatic heterocycles. The van der Waals surface area contributed by atoms with Crippen LogP contribution in [0.1, 0.15) is 58.6 Å². The summed E-state index contributed by atoms with van der Waals surface area (Å²) in [5, 5.41) is 9.92. The number of nitrogens with zero attached hydrogens (tertiary/aromatic N) is 2. The summed E-state index contributed by atoms with van der Waals surface area (Å²) in [5.74, 6) is 0.560. The third-order valence-electron chi connectivity index (χ3n) is 4.87. The molecule has 1 heterocycles. The fraction of sp³-hybridized carbons (Fsp3) is 0.591. The molecular formula is C22H35N3O. The van der Waals surface area contributed by atoms with Crippen molar-refractivity contribution in [2.24, 2.45) is 11.7 Å². The van der Waals surface area contributed by atoms with Crippen molar-refractivity contribution in [3.05, 3.63) is 42.4 Å². The van der Waals surface area contributed by atoms with Crippen LogP contribution in [-0.2, 0) is 13.0 Å². The Kier molecular flexibility index (Phi) is 7.85. The molecule has 2 aromatic rings. The summed E-state index contributed by atoms with van der Waals surface area (Å²) >= 11 is 0. The SMILES string of the molecule is C[C@H](CCCC(C)(C)O)Cc1c(-c2ccccc2)ncn1CCCCN. The minimum atomic E-state index is -0.571. The van der Waals surface area contributed by atoms with E-state index >= 15 is 0 Å². The summed E-state index contributed by atoms with van der Waals surface area (Å²) in [6, 6.07) is 10.4. The van der Waals surface area contributed by atoms with Crippen LogP contribution in [0.15, 0.2) is 36.7 Å². The van der Waals surface area contributed by atoms with Crippen LogP contribution < -0.4 is 5.73 Å². The van der Waals surface area contributed by atoms with Gasteiger partial charge in [-0.1, -0.05) is 50.1 Å². The largest absolute Gasteiger partial charge is 0.390 e. The zero-order valence-electron chi connectivity index (χ0n) is 16.6. The highest BCUT2D eigenvalue weighted by atomic mass is 16.3. The maximum atomic E-state index is 9.92. The number of aromatic nitrogens is 2. The van der Waals surface area contributed by atoms with Crippen molar-refractivity contribution in [2.75, 3.05) is 6.54 Å². The quantitative estimate of drug-likeness (QED) is 0.586. The van der Waals surface area contributed by atoms with Gasteiger partial charge in [0.15, 0.2) is 0 Å². The molecule has 0 fully saturated rings. The van der Waals surface area contributed by atoms with Crippen LogP contribution in [0, 0.1) is 5.92 Å². The van der Waals surface area contributed by atoms with Gasteiger partial charge in [0.05, 0.1) is 17.6 Å². The Morgan fingerprint density at radius 3 is 2.54 bits per heavy atom. The van der Waals surface area contributed by atoms with Crippen molar-refractivity contribution in [1.82, 2.24) is 9.55 Å². The lowest BCUT2D eigenvalue weighted by atomic mass is 9.93. The van der Waals surface area contributed by atoms with Gasteiger partial charge in [0, 0.05) is 17.8 Å². The van der Waals surface area contributed by atoms with Gasteiger partial charge in [0.1, 0.15) is 0 Å². The standard InChI is InChI=1S/C22H35N3O/c1-18(10-9-13-22(2,3)26)16-20-21(19-11-5-4-6-12-19)24-17-25(20)15-8-7-14-23/h4-6,11-12,17-18,26H,7-10,13-16,23H2,1-3H3/t18-/m1/s1. The molecule has 0 bridgehead atoms. The average molecular weight is 358 g/mol. The Hall–Kier alpha value is -1.65. The number of rotatable bonds is 11. The van der Waals surface area contributed by atoms with Gasteiger partial charge < -0.3 is 15.4 Å². The third-order valence-corrected chi connectivity index (χ3v) is 4.87. The Morgan fingerprint density at radius 1 is 1.15 bits per heavy atom. The summed E-state index contributed by atoms with van der Waals surface area (Å²) in [4.78, 5) is 4.73. The van der Waals surface area contributed by atoms with Gasteiger partial charge >= 0.3 is 0 Å². The molecule has 3 N–H and O–H groups in total. The highest BCUT2D eigenvalue weighted by Crippen LogP contribution is 2.27. The predicted octanol–water partition coefficient (Wildman–Crippen LogP) is 4.41. The number of unbranched alkanes of at least 4 members (excludes halogenated alkanes) is 1. The lowest BCUT2D eigenvalue weighted by Gasteiger charge is -2.19. The second kappa shape index (κ2) is 9.89. The molecule has 1 aromatic carbocycles. The van der Waals surface area contributed by atoms with Crippen LogP contribution in [0.4, 0.5) is 0 Å². The maximum absolute atomic E-state index is 9.92.